The molecule has 0 N–H and O–H groups in total. The molecule has 0 aliphatic carbocycles. The third-order valence-electron chi connectivity index (χ3n) is 11.9. The van der Waals surface area contributed by atoms with Gasteiger partial charge in [-0.25, -0.2) is 9.13 Å². The van der Waals surface area contributed by atoms with E-state index in [0.717, 1.165) is 25.9 Å². The van der Waals surface area contributed by atoms with Gasteiger partial charge in [0.2, 0.25) is 0 Å². The minimum absolute atomic E-state index is 0.514. The molecule has 0 spiro atoms. The Bertz CT molecular complexity index is 1230. The van der Waals surface area contributed by atoms with Gasteiger partial charge in [0.25, 0.3) is 5.82 Å². The lowest BCUT2D eigenvalue weighted by atomic mass is 9.96. The summed E-state index contributed by atoms with van der Waals surface area (Å²) in [6.07, 6.45) is 44.3. The predicted molar refractivity (Wildman–Crippen MR) is 233 cm³/mol. The van der Waals surface area contributed by atoms with Crippen LogP contribution in [0.4, 0.5) is 0 Å². The van der Waals surface area contributed by atoms with Crippen LogP contribution in [0.2, 0.25) is 0 Å². The Labute approximate surface area is 330 Å². The second-order valence-corrected chi connectivity index (χ2v) is 16.8. The summed E-state index contributed by atoms with van der Waals surface area (Å²) in [6, 6.07) is 22.4. The molecule has 1 unspecified atom stereocenters. The van der Waals surface area contributed by atoms with Crippen molar-refractivity contribution in [2.75, 3.05) is 0 Å². The van der Waals surface area contributed by atoms with E-state index in [4.69, 9.17) is 0 Å². The lowest BCUT2D eigenvalue weighted by molar-refractivity contribution is -0.710. The van der Waals surface area contributed by atoms with Gasteiger partial charge in [-0.15, -0.1) is 0 Å². The zero-order valence-electron chi connectivity index (χ0n) is 35.5. The minimum atomic E-state index is 0.514. The first-order valence-corrected chi connectivity index (χ1v) is 23.4. The summed E-state index contributed by atoms with van der Waals surface area (Å²) in [6.45, 7) is 9.35. The molecular formula is C51H85N2+. The lowest BCUT2D eigenvalue weighted by Gasteiger charge is -2.12. The first-order valence-electron chi connectivity index (χ1n) is 23.4. The Morgan fingerprint density at radius 3 is 1.32 bits per heavy atom. The van der Waals surface area contributed by atoms with Gasteiger partial charge in [0, 0.05) is 6.42 Å². The second kappa shape index (κ2) is 30.9. The highest BCUT2D eigenvalue weighted by Gasteiger charge is 2.25. The topological polar surface area (TPSA) is 8.81 Å². The van der Waals surface area contributed by atoms with Crippen LogP contribution in [0, 0.1) is 0 Å². The van der Waals surface area contributed by atoms with Gasteiger partial charge in [0.05, 0.1) is 19.5 Å². The fourth-order valence-corrected chi connectivity index (χ4v) is 8.40. The van der Waals surface area contributed by atoms with Gasteiger partial charge in [-0.3, -0.25) is 0 Å². The molecule has 2 nitrogen and oxygen atoms in total. The van der Waals surface area contributed by atoms with E-state index in [1.807, 2.05) is 0 Å². The third kappa shape index (κ3) is 20.8. The van der Waals surface area contributed by atoms with E-state index >= 15 is 0 Å². The molecule has 3 rings (SSSR count). The molecule has 0 fully saturated rings. The first-order chi connectivity index (χ1) is 26.2. The monoisotopic (exact) mass is 726 g/mol. The molecule has 0 aliphatic heterocycles. The molecule has 1 aromatic heterocycles. The fourth-order valence-electron chi connectivity index (χ4n) is 8.40. The lowest BCUT2D eigenvalue weighted by Crippen LogP contribution is -2.41. The smallest absolute Gasteiger partial charge is 0.234 e. The molecule has 0 saturated carbocycles. The summed E-state index contributed by atoms with van der Waals surface area (Å²) in [5.74, 6) is 2.04. The molecule has 2 heteroatoms. The van der Waals surface area contributed by atoms with E-state index in [2.05, 4.69) is 96.8 Å². The van der Waals surface area contributed by atoms with Gasteiger partial charge in [-0.2, -0.15) is 0 Å². The molecule has 1 heterocycles. The SMILES string of the molecule is CCCCCCCCCCCCCCCCCCC[n+]1c(CC(C)c2ccccc2)cn(CCCCCCCCCCCCC)c1Cc1ccccc1. The number of benzene rings is 2. The first kappa shape index (κ1) is 45.0. The van der Waals surface area contributed by atoms with Crippen LogP contribution in [-0.4, -0.2) is 4.57 Å². The van der Waals surface area contributed by atoms with E-state index in [9.17, 15) is 0 Å². The predicted octanol–water partition coefficient (Wildman–Crippen LogP) is 15.7. The third-order valence-corrected chi connectivity index (χ3v) is 11.9. The molecule has 53 heavy (non-hydrogen) atoms. The summed E-state index contributed by atoms with van der Waals surface area (Å²) in [5, 5.41) is 0. The molecule has 3 aromatic rings. The van der Waals surface area contributed by atoms with Crippen LogP contribution in [0.3, 0.4) is 0 Å². The molecule has 0 bridgehead atoms. The Balaban J connectivity index is 1.48. The maximum absolute atomic E-state index is 2.76. The molecule has 0 saturated heterocycles. The van der Waals surface area contributed by atoms with E-state index in [-0.39, 0.29) is 0 Å². The number of unbranched alkanes of at least 4 members (excludes halogenated alkanes) is 26. The number of hydrogen-bond acceptors (Lipinski definition) is 0. The van der Waals surface area contributed by atoms with Crippen molar-refractivity contribution in [3.05, 3.63) is 89.5 Å². The Morgan fingerprint density at radius 2 is 0.868 bits per heavy atom. The van der Waals surface area contributed by atoms with Gasteiger partial charge in [-0.1, -0.05) is 236 Å². The molecular weight excluding hydrogens is 641 g/mol. The van der Waals surface area contributed by atoms with Crippen molar-refractivity contribution >= 4 is 0 Å². The second-order valence-electron chi connectivity index (χ2n) is 16.8. The highest BCUT2D eigenvalue weighted by Crippen LogP contribution is 2.22. The zero-order valence-corrected chi connectivity index (χ0v) is 35.5. The van der Waals surface area contributed by atoms with E-state index in [1.54, 1.807) is 0 Å². The number of hydrogen-bond donors (Lipinski definition) is 0. The summed E-state index contributed by atoms with van der Waals surface area (Å²) < 4.78 is 5.43. The average molecular weight is 726 g/mol. The van der Waals surface area contributed by atoms with E-state index in [0.29, 0.717) is 5.92 Å². The van der Waals surface area contributed by atoms with Gasteiger partial charge >= 0.3 is 0 Å². The van der Waals surface area contributed by atoms with Gasteiger partial charge in [0.15, 0.2) is 0 Å². The maximum Gasteiger partial charge on any atom is 0.261 e. The molecule has 298 valence electrons. The van der Waals surface area contributed by atoms with Gasteiger partial charge in [0.1, 0.15) is 11.9 Å². The average Bonchev–Trinajstić information content (AvgIpc) is 3.50. The van der Waals surface area contributed by atoms with Crippen LogP contribution < -0.4 is 4.57 Å². The molecule has 0 aliphatic rings. The van der Waals surface area contributed by atoms with Gasteiger partial charge in [-0.05, 0) is 42.7 Å². The Hall–Kier alpha value is -2.35. The minimum Gasteiger partial charge on any atom is -0.234 e. The molecule has 0 radical (unpaired) electrons. The van der Waals surface area contributed by atoms with Crippen molar-refractivity contribution in [2.24, 2.45) is 0 Å². The highest BCUT2D eigenvalue weighted by atomic mass is 15.2. The van der Waals surface area contributed by atoms with E-state index in [1.165, 1.54) is 202 Å². The summed E-state index contributed by atoms with van der Waals surface area (Å²) in [7, 11) is 0. The van der Waals surface area contributed by atoms with Crippen molar-refractivity contribution in [2.45, 2.75) is 232 Å². The van der Waals surface area contributed by atoms with Gasteiger partial charge < -0.3 is 0 Å². The van der Waals surface area contributed by atoms with E-state index < -0.39 is 0 Å². The van der Waals surface area contributed by atoms with Crippen molar-refractivity contribution in [1.29, 1.82) is 0 Å². The fraction of sp³-hybridized carbons (Fsp3) is 0.706. The maximum atomic E-state index is 2.76. The van der Waals surface area contributed by atoms with Crippen molar-refractivity contribution in [3.63, 3.8) is 0 Å². The number of rotatable bonds is 35. The summed E-state index contributed by atoms with van der Waals surface area (Å²) in [4.78, 5) is 0. The van der Waals surface area contributed by atoms with Crippen LogP contribution in [0.5, 0.6) is 0 Å². The van der Waals surface area contributed by atoms with Crippen LogP contribution in [0.25, 0.3) is 0 Å². The largest absolute Gasteiger partial charge is 0.261 e. The van der Waals surface area contributed by atoms with Crippen LogP contribution in [0.15, 0.2) is 66.9 Å². The van der Waals surface area contributed by atoms with Crippen LogP contribution in [0.1, 0.15) is 229 Å². The van der Waals surface area contributed by atoms with Crippen molar-refractivity contribution in [3.8, 4) is 0 Å². The van der Waals surface area contributed by atoms with Crippen LogP contribution >= 0.6 is 0 Å². The number of imidazole rings is 1. The Kier molecular flexibility index (Phi) is 26.3. The number of aromatic nitrogens is 2. The number of nitrogens with zero attached hydrogens (tertiary/aromatic N) is 2. The Morgan fingerprint density at radius 1 is 0.472 bits per heavy atom. The number of aryl methyl sites for hydroxylation is 1. The van der Waals surface area contributed by atoms with Crippen LogP contribution in [-0.2, 0) is 25.9 Å². The molecule has 1 atom stereocenters. The zero-order chi connectivity index (χ0) is 37.4. The normalized spacial score (nSPS) is 12.1. The quantitative estimate of drug-likeness (QED) is 0.0422. The highest BCUT2D eigenvalue weighted by molar-refractivity contribution is 5.21. The summed E-state index contributed by atoms with van der Waals surface area (Å²) >= 11 is 0. The van der Waals surface area contributed by atoms with Crippen molar-refractivity contribution in [1.82, 2.24) is 4.57 Å². The molecule has 2 aromatic carbocycles. The van der Waals surface area contributed by atoms with Crippen molar-refractivity contribution < 1.29 is 4.57 Å². The summed E-state index contributed by atoms with van der Waals surface area (Å²) in [5.41, 5.74) is 4.43. The standard InChI is InChI=1S/C51H85N2/c1-4-6-8-10-12-14-16-17-18-19-20-21-23-25-27-29-37-43-53-50(44-47(3)49-40-34-31-35-41-49)46-52(51(53)45-48-38-32-30-33-39-48)42-36-28-26-24-22-15-13-11-9-7-5-2/h30-35,38-41,46-47H,4-29,36-37,42-45H2,1-3H3/q+1. The molecule has 0 amide bonds.